The highest BCUT2D eigenvalue weighted by molar-refractivity contribution is 5.78. The van der Waals surface area contributed by atoms with E-state index in [2.05, 4.69) is 10.3 Å². The molecule has 0 radical (unpaired) electrons. The second-order valence-corrected chi connectivity index (χ2v) is 5.20. The van der Waals surface area contributed by atoms with E-state index in [0.717, 1.165) is 11.2 Å². The maximum Gasteiger partial charge on any atom is 0.226 e. The van der Waals surface area contributed by atoms with E-state index in [4.69, 9.17) is 0 Å². The summed E-state index contributed by atoms with van der Waals surface area (Å²) in [6, 6.07) is 10.3. The van der Waals surface area contributed by atoms with Crippen molar-refractivity contribution in [1.82, 2.24) is 14.7 Å². The first-order valence-electron chi connectivity index (χ1n) is 7.07. The Morgan fingerprint density at radius 2 is 2.09 bits per heavy atom. The highest BCUT2D eigenvalue weighted by atomic mass is 19.1. The van der Waals surface area contributed by atoms with Gasteiger partial charge in [0.1, 0.15) is 11.5 Å². The highest BCUT2D eigenvalue weighted by Gasteiger charge is 2.09. The van der Waals surface area contributed by atoms with Crippen LogP contribution in [0.25, 0.3) is 5.65 Å². The zero-order valence-electron chi connectivity index (χ0n) is 12.2. The summed E-state index contributed by atoms with van der Waals surface area (Å²) in [5, 5.41) is 2.72. The first-order valence-corrected chi connectivity index (χ1v) is 7.07. The number of fused-ring (bicyclic) bond motifs is 1. The Hall–Kier alpha value is -2.69. The van der Waals surface area contributed by atoms with Crippen molar-refractivity contribution < 1.29 is 9.18 Å². The molecule has 0 spiro atoms. The second kappa shape index (κ2) is 5.97. The summed E-state index contributed by atoms with van der Waals surface area (Å²) in [5.74, 6) is -0.490. The second-order valence-electron chi connectivity index (χ2n) is 5.20. The van der Waals surface area contributed by atoms with Gasteiger partial charge in [-0.15, -0.1) is 0 Å². The summed E-state index contributed by atoms with van der Waals surface area (Å²) < 4.78 is 15.4. The Kier molecular flexibility index (Phi) is 3.87. The number of amides is 1. The van der Waals surface area contributed by atoms with Gasteiger partial charge >= 0.3 is 0 Å². The molecule has 2 heterocycles. The lowest BCUT2D eigenvalue weighted by Crippen LogP contribution is -2.25. The standard InChI is InChI=1S/C17H16FN3O/c1-12-5-4-8-21-11-14(20-17(12)21)9-16(22)19-10-13-6-2-3-7-15(13)18/h2-8,11H,9-10H2,1H3,(H,19,22). The number of hydrogen-bond acceptors (Lipinski definition) is 2. The third-order valence-corrected chi connectivity index (χ3v) is 3.50. The summed E-state index contributed by atoms with van der Waals surface area (Å²) in [6.45, 7) is 2.16. The van der Waals surface area contributed by atoms with Crippen LogP contribution in [0.1, 0.15) is 16.8 Å². The molecule has 5 heteroatoms. The molecule has 112 valence electrons. The number of hydrogen-bond donors (Lipinski definition) is 1. The number of aromatic nitrogens is 2. The van der Waals surface area contributed by atoms with Gasteiger partial charge in [0.15, 0.2) is 0 Å². The van der Waals surface area contributed by atoms with E-state index in [0.29, 0.717) is 11.3 Å². The van der Waals surface area contributed by atoms with Crippen LogP contribution in [0.5, 0.6) is 0 Å². The molecule has 2 aromatic heterocycles. The number of nitrogens with one attached hydrogen (secondary N) is 1. The summed E-state index contributed by atoms with van der Waals surface area (Å²) in [6.07, 6.45) is 3.91. The Morgan fingerprint density at radius 1 is 1.27 bits per heavy atom. The molecule has 3 rings (SSSR count). The number of imidazole rings is 1. The van der Waals surface area contributed by atoms with Gasteiger partial charge in [-0.05, 0) is 24.6 Å². The summed E-state index contributed by atoms with van der Waals surface area (Å²) in [4.78, 5) is 16.4. The van der Waals surface area contributed by atoms with Crippen LogP contribution >= 0.6 is 0 Å². The first kappa shape index (κ1) is 14.3. The van der Waals surface area contributed by atoms with E-state index >= 15 is 0 Å². The molecule has 22 heavy (non-hydrogen) atoms. The normalized spacial score (nSPS) is 10.8. The molecule has 0 saturated carbocycles. The number of carbonyl (C=O) groups excluding carboxylic acids is 1. The van der Waals surface area contributed by atoms with Crippen molar-refractivity contribution in [2.75, 3.05) is 0 Å². The predicted molar refractivity (Wildman–Crippen MR) is 81.9 cm³/mol. The highest BCUT2D eigenvalue weighted by Crippen LogP contribution is 2.10. The van der Waals surface area contributed by atoms with Gasteiger partial charge in [0.05, 0.1) is 12.1 Å². The molecule has 3 aromatic rings. The maximum absolute atomic E-state index is 13.5. The summed E-state index contributed by atoms with van der Waals surface area (Å²) >= 11 is 0. The number of rotatable bonds is 4. The van der Waals surface area contributed by atoms with E-state index in [9.17, 15) is 9.18 Å². The Balaban J connectivity index is 1.66. The molecule has 1 amide bonds. The van der Waals surface area contributed by atoms with Crippen LogP contribution in [-0.4, -0.2) is 15.3 Å². The molecular formula is C17H16FN3O. The molecule has 0 atom stereocenters. The largest absolute Gasteiger partial charge is 0.352 e. The van der Waals surface area contributed by atoms with E-state index in [-0.39, 0.29) is 24.7 Å². The van der Waals surface area contributed by atoms with E-state index in [1.54, 1.807) is 18.2 Å². The average Bonchev–Trinajstić information content (AvgIpc) is 2.90. The number of nitrogens with zero attached hydrogens (tertiary/aromatic N) is 2. The minimum atomic E-state index is -0.314. The zero-order chi connectivity index (χ0) is 15.5. The van der Waals surface area contributed by atoms with E-state index in [1.807, 2.05) is 35.9 Å². The van der Waals surface area contributed by atoms with E-state index in [1.165, 1.54) is 6.07 Å². The van der Waals surface area contributed by atoms with Crippen molar-refractivity contribution in [3.63, 3.8) is 0 Å². The fraction of sp³-hybridized carbons (Fsp3) is 0.176. The molecule has 0 bridgehead atoms. The molecule has 4 nitrogen and oxygen atoms in total. The lowest BCUT2D eigenvalue weighted by Gasteiger charge is -2.05. The number of aryl methyl sites for hydroxylation is 1. The summed E-state index contributed by atoms with van der Waals surface area (Å²) in [7, 11) is 0. The van der Waals surface area contributed by atoms with Gasteiger partial charge in [0, 0.05) is 24.5 Å². The predicted octanol–water partition coefficient (Wildman–Crippen LogP) is 2.64. The van der Waals surface area contributed by atoms with Crippen molar-refractivity contribution in [2.24, 2.45) is 0 Å². The van der Waals surface area contributed by atoms with E-state index < -0.39 is 0 Å². The van der Waals surface area contributed by atoms with Crippen LogP contribution in [0.2, 0.25) is 0 Å². The monoisotopic (exact) mass is 297 g/mol. The quantitative estimate of drug-likeness (QED) is 0.804. The molecule has 0 saturated heterocycles. The van der Waals surface area contributed by atoms with Gasteiger partial charge in [-0.3, -0.25) is 4.79 Å². The lowest BCUT2D eigenvalue weighted by molar-refractivity contribution is -0.120. The zero-order valence-corrected chi connectivity index (χ0v) is 12.2. The smallest absolute Gasteiger partial charge is 0.226 e. The van der Waals surface area contributed by atoms with Crippen molar-refractivity contribution >= 4 is 11.6 Å². The molecule has 0 aliphatic carbocycles. The molecule has 0 aliphatic heterocycles. The Morgan fingerprint density at radius 3 is 2.86 bits per heavy atom. The third kappa shape index (κ3) is 2.98. The van der Waals surface area contributed by atoms with Crippen LogP contribution in [0, 0.1) is 12.7 Å². The van der Waals surface area contributed by atoms with Gasteiger partial charge in [0.25, 0.3) is 0 Å². The lowest BCUT2D eigenvalue weighted by atomic mass is 10.2. The van der Waals surface area contributed by atoms with Crippen molar-refractivity contribution in [3.8, 4) is 0 Å². The fourth-order valence-electron chi connectivity index (χ4n) is 2.35. The number of halogens is 1. The van der Waals surface area contributed by atoms with Gasteiger partial charge < -0.3 is 9.72 Å². The van der Waals surface area contributed by atoms with Crippen LogP contribution < -0.4 is 5.32 Å². The van der Waals surface area contributed by atoms with Crippen molar-refractivity contribution in [1.29, 1.82) is 0 Å². The number of pyridine rings is 1. The van der Waals surface area contributed by atoms with Gasteiger partial charge in [-0.2, -0.15) is 0 Å². The van der Waals surface area contributed by atoms with Crippen LogP contribution in [-0.2, 0) is 17.8 Å². The summed E-state index contributed by atoms with van der Waals surface area (Å²) in [5.41, 5.74) is 3.07. The number of benzene rings is 1. The first-order chi connectivity index (χ1) is 10.6. The molecule has 0 fully saturated rings. The van der Waals surface area contributed by atoms with Gasteiger partial charge in [-0.1, -0.05) is 24.3 Å². The molecule has 0 unspecified atom stereocenters. The van der Waals surface area contributed by atoms with Crippen LogP contribution in [0.4, 0.5) is 4.39 Å². The fourth-order valence-corrected chi connectivity index (χ4v) is 2.35. The van der Waals surface area contributed by atoms with Crippen LogP contribution in [0.15, 0.2) is 48.8 Å². The topological polar surface area (TPSA) is 46.4 Å². The molecular weight excluding hydrogens is 281 g/mol. The minimum Gasteiger partial charge on any atom is -0.352 e. The SMILES string of the molecule is Cc1cccn2cc(CC(=O)NCc3ccccc3F)nc12. The molecule has 0 aliphatic rings. The van der Waals surface area contributed by atoms with Crippen molar-refractivity contribution in [2.45, 2.75) is 19.9 Å². The molecule has 1 aromatic carbocycles. The Labute approximate surface area is 127 Å². The average molecular weight is 297 g/mol. The van der Waals surface area contributed by atoms with Crippen molar-refractivity contribution in [3.05, 3.63) is 71.4 Å². The Bertz CT molecular complexity index is 826. The van der Waals surface area contributed by atoms with Gasteiger partial charge in [0.2, 0.25) is 5.91 Å². The number of carbonyl (C=O) groups is 1. The van der Waals surface area contributed by atoms with Crippen LogP contribution in [0.3, 0.4) is 0 Å². The molecule has 1 N–H and O–H groups in total. The maximum atomic E-state index is 13.5. The minimum absolute atomic E-state index is 0.176. The third-order valence-electron chi connectivity index (χ3n) is 3.50. The van der Waals surface area contributed by atoms with Gasteiger partial charge in [-0.25, -0.2) is 9.37 Å².